The molecule has 10 unspecified atom stereocenters. The number of rotatable bonds is 19. The van der Waals surface area contributed by atoms with Crippen LogP contribution in [0.2, 0.25) is 0 Å². The lowest BCUT2D eigenvalue weighted by molar-refractivity contribution is -0.208. The molecule has 0 amide bonds. The molecule has 0 spiro atoms. The minimum atomic E-state index is -1.05. The molecule has 0 saturated carbocycles. The Hall–Kier alpha value is -1.84. The average molecular weight is 1450 g/mol. The number of hydrogen-bond acceptors (Lipinski definition) is 7. The van der Waals surface area contributed by atoms with Crippen LogP contribution >= 0.6 is 0 Å². The van der Waals surface area contributed by atoms with Crippen LogP contribution in [0.5, 0.6) is 0 Å². The first-order valence-corrected chi connectivity index (χ1v) is 41.1. The van der Waals surface area contributed by atoms with E-state index in [1.54, 1.807) is 13.8 Å². The summed E-state index contributed by atoms with van der Waals surface area (Å²) in [6.07, 6.45) is 28.4. The van der Waals surface area contributed by atoms with Crippen LogP contribution in [-0.2, 0) is 23.7 Å². The predicted octanol–water partition coefficient (Wildman–Crippen LogP) is 29.4. The number of aliphatic hydroxyl groups excluding tert-OH is 1. The number of hydrogen-bond donors (Lipinski definition) is 2. The van der Waals surface area contributed by atoms with Crippen LogP contribution in [0, 0.1) is 61.1 Å². The molecule has 0 aliphatic carbocycles. The minimum absolute atomic E-state index is 0.0503. The maximum Gasteiger partial charge on any atom is 0.0969 e. The average Bonchev–Trinajstić information content (AvgIpc) is 1.57. The van der Waals surface area contributed by atoms with Gasteiger partial charge in [-0.2, -0.15) is 0 Å². The van der Waals surface area contributed by atoms with Crippen LogP contribution in [0.3, 0.4) is 0 Å². The van der Waals surface area contributed by atoms with E-state index in [-0.39, 0.29) is 61.4 Å². The Kier molecular flexibility index (Phi) is 42.4. The Morgan fingerprint density at radius 1 is 0.456 bits per heavy atom. The fraction of sp³-hybridized carbons (Fsp3) is 0.875. The summed E-state index contributed by atoms with van der Waals surface area (Å²) in [6, 6.07) is 0. The summed E-state index contributed by atoms with van der Waals surface area (Å²) in [4.78, 5) is 0. The molecule has 103 heavy (non-hydrogen) atoms. The molecule has 5 aliphatic heterocycles. The van der Waals surface area contributed by atoms with Gasteiger partial charge >= 0.3 is 0 Å². The summed E-state index contributed by atoms with van der Waals surface area (Å²) >= 11 is 0. The van der Waals surface area contributed by atoms with E-state index in [2.05, 4.69) is 349 Å². The number of aliphatic hydroxyl groups is 2. The third kappa shape index (κ3) is 44.0. The van der Waals surface area contributed by atoms with Gasteiger partial charge in [-0.15, -0.1) is 0 Å². The minimum Gasteiger partial charge on any atom is -0.390 e. The van der Waals surface area contributed by atoms with Crippen molar-refractivity contribution in [1.82, 2.24) is 0 Å². The summed E-state index contributed by atoms with van der Waals surface area (Å²) in [5, 5.41) is 19.4. The molecule has 5 aliphatic rings. The lowest BCUT2D eigenvalue weighted by atomic mass is 9.72. The van der Waals surface area contributed by atoms with Gasteiger partial charge < -0.3 is 33.9 Å². The van der Waals surface area contributed by atoms with E-state index in [1.165, 1.54) is 84.8 Å². The molecular weight excluding hydrogens is 1270 g/mol. The van der Waals surface area contributed by atoms with E-state index >= 15 is 0 Å². The number of epoxide rings is 4. The van der Waals surface area contributed by atoms with Crippen LogP contribution in [-0.4, -0.2) is 79.9 Å². The molecule has 5 heterocycles. The summed E-state index contributed by atoms with van der Waals surface area (Å²) < 4.78 is 28.8. The van der Waals surface area contributed by atoms with Gasteiger partial charge in [-0.1, -0.05) is 284 Å². The zero-order valence-electron chi connectivity index (χ0n) is 78.5. The first-order valence-electron chi connectivity index (χ1n) is 41.1. The van der Waals surface area contributed by atoms with Crippen molar-refractivity contribution in [2.24, 2.45) is 61.1 Å². The lowest BCUT2D eigenvalue weighted by Gasteiger charge is -2.50. The van der Waals surface area contributed by atoms with Crippen LogP contribution in [0.25, 0.3) is 0 Å². The highest BCUT2D eigenvalue weighted by Gasteiger charge is 2.63. The smallest absolute Gasteiger partial charge is 0.0969 e. The first-order chi connectivity index (χ1) is 45.4. The Balaban J connectivity index is -0.00000111. The zero-order chi connectivity index (χ0) is 82.6. The highest BCUT2D eigenvalue weighted by atomic mass is 16.6. The van der Waals surface area contributed by atoms with Crippen molar-refractivity contribution in [3.05, 3.63) is 70.4 Å². The van der Waals surface area contributed by atoms with Gasteiger partial charge in [0.2, 0.25) is 0 Å². The largest absolute Gasteiger partial charge is 0.390 e. The SMILES string of the molecule is C/C(=C\CC1OC1(C)C)C(C)(C)C.C=C(CCC=C(C)C)C(C)(C)C.CC(C)(O)C(O)CC1OC1(C)C(C)(C)C.CC(C)=CC/C=C(\C)C(C)(C)C.CC(C)=CCCC(C)C(C)(C)C.CC(C)CCCC(C)C(C)(C)C.CC1(C)CCCC(C)(C(C)(C)C)O1.CC1(C)OC1CC1OC1(C)C(C)(C)C. The molecule has 0 radical (unpaired) electrons. The zero-order valence-corrected chi connectivity index (χ0v) is 78.5. The van der Waals surface area contributed by atoms with Gasteiger partial charge in [0.1, 0.15) is 0 Å². The van der Waals surface area contributed by atoms with Gasteiger partial charge in [-0.25, -0.2) is 0 Å². The standard InChI is InChI=1S/C12H24O3.C12H22O2.C12H24O.C12H22O.C12H26.C12H24.2C12H22/c1-10(2,3)12(6)9(15-12)7-8(13)11(4,5)14;1-10(2,3)12(6)9(14-12)7-8-11(4,5)13-8;1-10(2,3)12(6)9-7-8-11(4,5)13-12;1-9(11(2,3)4)7-8-10-12(5,6)13-10;4*1-10(2)8-7-9-11(3)12(4,5)6/h8-9,13-14H,7H2,1-6H3;8-9H,7H2,1-6H3;7-9H2,1-6H3;7,10H,8H2,1-6H3;10-11H,7-9H2,1-6H3;8,11H,7,9H2,1-6H3;8-9H,7H2,1-6H3;8H,3,7,9H2,1-2,4-6H3/b;;;9-7+;;;11-9+;. The highest BCUT2D eigenvalue weighted by molar-refractivity contribution is 5.14. The van der Waals surface area contributed by atoms with Gasteiger partial charge in [-0.05, 0) is 250 Å². The molecule has 0 aromatic rings. The van der Waals surface area contributed by atoms with E-state index in [4.69, 9.17) is 23.7 Å². The second-order valence-corrected chi connectivity index (χ2v) is 44.6. The molecule has 5 fully saturated rings. The Morgan fingerprint density at radius 3 is 1.16 bits per heavy atom. The maximum absolute atomic E-state index is 9.76. The van der Waals surface area contributed by atoms with Crippen LogP contribution in [0.1, 0.15) is 415 Å². The molecule has 5 saturated heterocycles. The Morgan fingerprint density at radius 2 is 0.845 bits per heavy atom. The fourth-order valence-electron chi connectivity index (χ4n) is 11.1. The Labute approximate surface area is 646 Å². The monoisotopic (exact) mass is 1450 g/mol. The van der Waals surface area contributed by atoms with E-state index in [1.807, 2.05) is 0 Å². The van der Waals surface area contributed by atoms with Gasteiger partial charge in [0.05, 0.1) is 69.7 Å². The van der Waals surface area contributed by atoms with Gasteiger partial charge in [-0.3, -0.25) is 0 Å². The van der Waals surface area contributed by atoms with Gasteiger partial charge in [0.15, 0.2) is 0 Å². The number of allylic oxidation sites excluding steroid dienone is 10. The van der Waals surface area contributed by atoms with Crippen LogP contribution in [0.15, 0.2) is 70.4 Å². The molecule has 10 atom stereocenters. The molecule has 0 aromatic carbocycles. The second-order valence-electron chi connectivity index (χ2n) is 44.6. The Bertz CT molecular complexity index is 2570. The van der Waals surface area contributed by atoms with Gasteiger partial charge in [0.25, 0.3) is 0 Å². The lowest BCUT2D eigenvalue weighted by Crippen LogP contribution is -2.51. The van der Waals surface area contributed by atoms with Crippen molar-refractivity contribution in [1.29, 1.82) is 0 Å². The predicted molar refractivity (Wildman–Crippen MR) is 459 cm³/mol. The highest BCUT2D eigenvalue weighted by Crippen LogP contribution is 2.55. The van der Waals surface area contributed by atoms with E-state index < -0.39 is 11.7 Å². The van der Waals surface area contributed by atoms with Crippen molar-refractivity contribution < 1.29 is 33.9 Å². The maximum atomic E-state index is 9.76. The first kappa shape index (κ1) is 105. The number of ether oxygens (including phenoxy) is 5. The van der Waals surface area contributed by atoms with E-state index in [0.29, 0.717) is 46.4 Å². The second kappa shape index (κ2) is 41.4. The quantitative estimate of drug-likeness (QED) is 0.0982. The van der Waals surface area contributed by atoms with Crippen molar-refractivity contribution in [3.63, 3.8) is 0 Å². The van der Waals surface area contributed by atoms with Crippen molar-refractivity contribution in [3.8, 4) is 0 Å². The normalized spacial score (nSPS) is 25.1. The molecule has 5 rings (SSSR count). The third-order valence-electron chi connectivity index (χ3n) is 23.9. The molecular formula is C96H186O7. The summed E-state index contributed by atoms with van der Waals surface area (Å²) in [7, 11) is 0. The molecule has 612 valence electrons. The van der Waals surface area contributed by atoms with Crippen LogP contribution < -0.4 is 0 Å². The van der Waals surface area contributed by atoms with Crippen molar-refractivity contribution >= 4 is 0 Å². The van der Waals surface area contributed by atoms with Crippen molar-refractivity contribution in [2.75, 3.05) is 0 Å². The van der Waals surface area contributed by atoms with E-state index in [9.17, 15) is 10.2 Å². The summed E-state index contributed by atoms with van der Waals surface area (Å²) in [5.41, 5.74) is 10.1. The molecule has 0 bridgehead atoms. The van der Waals surface area contributed by atoms with Crippen LogP contribution in [0.4, 0.5) is 0 Å². The summed E-state index contributed by atoms with van der Waals surface area (Å²) in [5.74, 6) is 2.54. The molecule has 0 aromatic heterocycles. The third-order valence-corrected chi connectivity index (χ3v) is 23.9. The molecule has 2 N–H and O–H groups in total. The fourth-order valence-corrected chi connectivity index (χ4v) is 11.1. The molecule has 7 heteroatoms. The van der Waals surface area contributed by atoms with E-state index in [0.717, 1.165) is 49.9 Å². The van der Waals surface area contributed by atoms with Crippen molar-refractivity contribution in [2.45, 2.75) is 485 Å². The topological polar surface area (TPSA) is 99.8 Å². The van der Waals surface area contributed by atoms with Gasteiger partial charge in [0, 0.05) is 12.8 Å². The summed E-state index contributed by atoms with van der Waals surface area (Å²) in [6.45, 7) is 108. The molecule has 7 nitrogen and oxygen atoms in total.